The zero-order chi connectivity index (χ0) is 14.7. The van der Waals surface area contributed by atoms with Crippen LogP contribution in [0.1, 0.15) is 20.7 Å². The Labute approximate surface area is 131 Å². The van der Waals surface area contributed by atoms with Gasteiger partial charge in [-0.1, -0.05) is 31.9 Å². The molecule has 0 saturated heterocycles. The molecular formula is C13H8Br2N2O3. The Morgan fingerprint density at radius 3 is 2.30 bits per heavy atom. The van der Waals surface area contributed by atoms with Crippen LogP contribution in [-0.4, -0.2) is 22.0 Å². The molecule has 5 nitrogen and oxygen atoms in total. The molecule has 0 atom stereocenters. The molecule has 0 saturated carbocycles. The van der Waals surface area contributed by atoms with Crippen molar-refractivity contribution in [1.29, 1.82) is 0 Å². The maximum Gasteiger partial charge on any atom is 0.335 e. The van der Waals surface area contributed by atoms with Gasteiger partial charge in [0.15, 0.2) is 0 Å². The number of aromatic carboxylic acids is 1. The third-order valence-corrected chi connectivity index (χ3v) is 3.29. The van der Waals surface area contributed by atoms with Crippen LogP contribution in [-0.2, 0) is 0 Å². The Morgan fingerprint density at radius 2 is 1.70 bits per heavy atom. The van der Waals surface area contributed by atoms with Crippen LogP contribution in [0.4, 0.5) is 5.82 Å². The number of halogens is 2. The van der Waals surface area contributed by atoms with Crippen LogP contribution >= 0.6 is 31.9 Å². The summed E-state index contributed by atoms with van der Waals surface area (Å²) in [6, 6.07) is 7.77. The van der Waals surface area contributed by atoms with Crippen LogP contribution in [0.3, 0.4) is 0 Å². The van der Waals surface area contributed by atoms with E-state index in [2.05, 4.69) is 42.2 Å². The van der Waals surface area contributed by atoms with E-state index in [1.54, 1.807) is 18.2 Å². The molecule has 20 heavy (non-hydrogen) atoms. The molecule has 0 aliphatic heterocycles. The number of anilines is 1. The van der Waals surface area contributed by atoms with E-state index < -0.39 is 5.97 Å². The molecular weight excluding hydrogens is 392 g/mol. The topological polar surface area (TPSA) is 79.3 Å². The quantitative estimate of drug-likeness (QED) is 0.826. The van der Waals surface area contributed by atoms with Gasteiger partial charge in [0.1, 0.15) is 5.82 Å². The predicted octanol–water partition coefficient (Wildman–Crippen LogP) is 3.56. The first-order chi connectivity index (χ1) is 9.45. The highest BCUT2D eigenvalue weighted by molar-refractivity contribution is 9.11. The Kier molecular flexibility index (Phi) is 4.51. The Morgan fingerprint density at radius 1 is 1.05 bits per heavy atom. The van der Waals surface area contributed by atoms with E-state index in [4.69, 9.17) is 5.11 Å². The fourth-order valence-electron chi connectivity index (χ4n) is 1.51. The second kappa shape index (κ2) is 6.15. The van der Waals surface area contributed by atoms with Gasteiger partial charge in [-0.05, 0) is 30.3 Å². The average Bonchev–Trinajstić information content (AvgIpc) is 2.37. The highest BCUT2D eigenvalue weighted by atomic mass is 79.9. The maximum atomic E-state index is 12.1. The molecule has 0 aliphatic rings. The lowest BCUT2D eigenvalue weighted by molar-refractivity contribution is 0.0696. The number of aromatic nitrogens is 1. The van der Waals surface area contributed by atoms with Crippen molar-refractivity contribution >= 4 is 49.6 Å². The standard InChI is InChI=1S/C13H8Br2N2O3/c14-9-3-8(4-10(15)6-9)12(18)17-11-5-7(13(19)20)1-2-16-11/h1-6H,(H,19,20)(H,16,17,18). The summed E-state index contributed by atoms with van der Waals surface area (Å²) in [6.07, 6.45) is 1.33. The number of carboxylic acids is 1. The molecule has 1 amide bonds. The zero-order valence-corrected chi connectivity index (χ0v) is 13.1. The minimum atomic E-state index is -1.08. The first kappa shape index (κ1) is 14.7. The summed E-state index contributed by atoms with van der Waals surface area (Å²) in [5.74, 6) is -1.26. The van der Waals surface area contributed by atoms with E-state index in [1.807, 2.05) is 0 Å². The van der Waals surface area contributed by atoms with Crippen molar-refractivity contribution in [3.63, 3.8) is 0 Å². The van der Waals surface area contributed by atoms with Crippen LogP contribution in [0.15, 0.2) is 45.5 Å². The van der Waals surface area contributed by atoms with Crippen molar-refractivity contribution < 1.29 is 14.7 Å². The lowest BCUT2D eigenvalue weighted by Gasteiger charge is -2.06. The Hall–Kier alpha value is -1.73. The van der Waals surface area contributed by atoms with Crippen molar-refractivity contribution in [2.75, 3.05) is 5.32 Å². The number of nitrogens with one attached hydrogen (secondary N) is 1. The van der Waals surface area contributed by atoms with Crippen molar-refractivity contribution in [3.8, 4) is 0 Å². The normalized spacial score (nSPS) is 10.1. The van der Waals surface area contributed by atoms with Gasteiger partial charge in [-0.15, -0.1) is 0 Å². The summed E-state index contributed by atoms with van der Waals surface area (Å²) in [6.45, 7) is 0. The van der Waals surface area contributed by atoms with Gasteiger partial charge in [-0.2, -0.15) is 0 Å². The number of benzene rings is 1. The number of pyridine rings is 1. The Bertz CT molecular complexity index is 669. The zero-order valence-electron chi connectivity index (χ0n) is 9.93. The molecule has 1 aromatic carbocycles. The predicted molar refractivity (Wildman–Crippen MR) is 81.0 cm³/mol. The van der Waals surface area contributed by atoms with Crippen molar-refractivity contribution in [3.05, 3.63) is 56.6 Å². The van der Waals surface area contributed by atoms with E-state index >= 15 is 0 Å². The lowest BCUT2D eigenvalue weighted by atomic mass is 10.2. The maximum absolute atomic E-state index is 12.1. The molecule has 1 aromatic heterocycles. The number of amides is 1. The van der Waals surface area contributed by atoms with Crippen molar-refractivity contribution in [2.24, 2.45) is 0 Å². The number of carbonyl (C=O) groups excluding carboxylic acids is 1. The van der Waals surface area contributed by atoms with Gasteiger partial charge < -0.3 is 10.4 Å². The van der Waals surface area contributed by atoms with Gasteiger partial charge in [-0.3, -0.25) is 4.79 Å². The lowest BCUT2D eigenvalue weighted by Crippen LogP contribution is -2.13. The molecule has 0 bridgehead atoms. The molecule has 0 unspecified atom stereocenters. The SMILES string of the molecule is O=C(O)c1ccnc(NC(=O)c2cc(Br)cc(Br)c2)c1. The number of carbonyl (C=O) groups is 2. The third kappa shape index (κ3) is 3.64. The monoisotopic (exact) mass is 398 g/mol. The second-order valence-corrected chi connectivity index (χ2v) is 5.68. The summed E-state index contributed by atoms with van der Waals surface area (Å²) in [4.78, 5) is 26.8. The molecule has 0 aliphatic carbocycles. The van der Waals surface area contributed by atoms with E-state index in [9.17, 15) is 9.59 Å². The average molecular weight is 400 g/mol. The fraction of sp³-hybridized carbons (Fsp3) is 0. The highest BCUT2D eigenvalue weighted by Crippen LogP contribution is 2.20. The number of hydrogen-bond donors (Lipinski definition) is 2. The largest absolute Gasteiger partial charge is 0.478 e. The van der Waals surface area contributed by atoms with Gasteiger partial charge in [0, 0.05) is 20.7 Å². The molecule has 2 aromatic rings. The second-order valence-electron chi connectivity index (χ2n) is 3.85. The molecule has 2 N–H and O–H groups in total. The van der Waals surface area contributed by atoms with E-state index in [1.165, 1.54) is 18.3 Å². The van der Waals surface area contributed by atoms with Crippen molar-refractivity contribution in [2.45, 2.75) is 0 Å². The molecule has 1 heterocycles. The summed E-state index contributed by atoms with van der Waals surface area (Å²) in [5.41, 5.74) is 0.486. The smallest absolute Gasteiger partial charge is 0.335 e. The molecule has 0 radical (unpaired) electrons. The minimum absolute atomic E-state index is 0.0609. The number of rotatable bonds is 3. The minimum Gasteiger partial charge on any atom is -0.478 e. The van der Waals surface area contributed by atoms with E-state index in [0.29, 0.717) is 5.56 Å². The summed E-state index contributed by atoms with van der Waals surface area (Å²) in [7, 11) is 0. The van der Waals surface area contributed by atoms with Gasteiger partial charge in [0.25, 0.3) is 5.91 Å². The van der Waals surface area contributed by atoms with E-state index in [0.717, 1.165) is 8.95 Å². The first-order valence-corrected chi connectivity index (χ1v) is 7.01. The Balaban J connectivity index is 2.23. The highest BCUT2D eigenvalue weighted by Gasteiger charge is 2.10. The van der Waals surface area contributed by atoms with Gasteiger partial charge in [-0.25, -0.2) is 9.78 Å². The summed E-state index contributed by atoms with van der Waals surface area (Å²) < 4.78 is 1.51. The number of hydrogen-bond acceptors (Lipinski definition) is 3. The van der Waals surface area contributed by atoms with Gasteiger partial charge in [0.05, 0.1) is 5.56 Å². The summed E-state index contributed by atoms with van der Waals surface area (Å²) in [5, 5.41) is 11.4. The molecule has 0 fully saturated rings. The van der Waals surface area contributed by atoms with Crippen LogP contribution in [0.5, 0.6) is 0 Å². The van der Waals surface area contributed by atoms with Crippen LogP contribution < -0.4 is 5.32 Å². The van der Waals surface area contributed by atoms with Crippen molar-refractivity contribution in [1.82, 2.24) is 4.98 Å². The van der Waals surface area contributed by atoms with Crippen LogP contribution in [0, 0.1) is 0 Å². The van der Waals surface area contributed by atoms with Gasteiger partial charge in [0.2, 0.25) is 0 Å². The molecule has 7 heteroatoms. The van der Waals surface area contributed by atoms with E-state index in [-0.39, 0.29) is 17.3 Å². The molecule has 2 rings (SSSR count). The molecule has 0 spiro atoms. The number of nitrogens with zero attached hydrogens (tertiary/aromatic N) is 1. The number of carboxylic acid groups (broad SMARTS) is 1. The van der Waals surface area contributed by atoms with Crippen LogP contribution in [0.25, 0.3) is 0 Å². The van der Waals surface area contributed by atoms with Gasteiger partial charge >= 0.3 is 5.97 Å². The fourth-order valence-corrected chi connectivity index (χ4v) is 2.80. The first-order valence-electron chi connectivity index (χ1n) is 5.42. The molecule has 102 valence electrons. The summed E-state index contributed by atoms with van der Waals surface area (Å²) >= 11 is 6.59. The van der Waals surface area contributed by atoms with Crippen LogP contribution in [0.2, 0.25) is 0 Å². The third-order valence-electron chi connectivity index (χ3n) is 2.37.